The monoisotopic (exact) mass is 434 g/mol. The summed E-state index contributed by atoms with van der Waals surface area (Å²) in [6.45, 7) is 6.85. The van der Waals surface area contributed by atoms with E-state index >= 15 is 0 Å². The molecule has 2 rings (SSSR count). The summed E-state index contributed by atoms with van der Waals surface area (Å²) in [5, 5.41) is 5.43. The number of halogens is 2. The summed E-state index contributed by atoms with van der Waals surface area (Å²) in [4.78, 5) is 24.2. The number of hydrogen-bond acceptors (Lipinski definition) is 4. The second-order valence-corrected chi connectivity index (χ2v) is 6.85. The molecule has 0 spiro atoms. The number of carbonyl (C=O) groups excluding carboxylic acids is 2. The van der Waals surface area contributed by atoms with Crippen LogP contribution in [0, 0.1) is 11.6 Å². The van der Waals surface area contributed by atoms with Gasteiger partial charge in [-0.25, -0.2) is 8.78 Å². The van der Waals surface area contributed by atoms with Gasteiger partial charge in [0, 0.05) is 19.0 Å². The van der Waals surface area contributed by atoms with Crippen LogP contribution in [0.2, 0.25) is 0 Å². The number of rotatable bonds is 11. The Morgan fingerprint density at radius 1 is 1.00 bits per heavy atom. The molecule has 0 heterocycles. The molecule has 2 aromatic carbocycles. The Labute approximate surface area is 180 Å². The van der Waals surface area contributed by atoms with E-state index in [0.29, 0.717) is 37.2 Å². The largest absolute Gasteiger partial charge is 0.490 e. The van der Waals surface area contributed by atoms with Crippen LogP contribution in [-0.4, -0.2) is 31.6 Å². The molecule has 0 bridgehead atoms. The first-order valence-corrected chi connectivity index (χ1v) is 10.3. The van der Waals surface area contributed by atoms with E-state index in [0.717, 1.165) is 17.7 Å². The molecule has 0 saturated carbocycles. The third-order valence-electron chi connectivity index (χ3n) is 4.49. The summed E-state index contributed by atoms with van der Waals surface area (Å²) in [5.74, 6) is -1.23. The maximum atomic E-state index is 13.6. The summed E-state index contributed by atoms with van der Waals surface area (Å²) in [6.07, 6.45) is 0.562. The molecule has 1 unspecified atom stereocenters. The van der Waals surface area contributed by atoms with Gasteiger partial charge in [-0.15, -0.1) is 0 Å². The Bertz CT molecular complexity index is 905. The third kappa shape index (κ3) is 7.24. The average Bonchev–Trinajstić information content (AvgIpc) is 2.72. The summed E-state index contributed by atoms with van der Waals surface area (Å²) < 4.78 is 37.7. The van der Waals surface area contributed by atoms with Crippen molar-refractivity contribution in [1.82, 2.24) is 10.6 Å². The van der Waals surface area contributed by atoms with E-state index in [1.165, 1.54) is 0 Å². The minimum Gasteiger partial charge on any atom is -0.490 e. The van der Waals surface area contributed by atoms with E-state index in [1.807, 2.05) is 39.0 Å². The Kier molecular flexibility index (Phi) is 9.24. The molecule has 0 fully saturated rings. The first kappa shape index (κ1) is 24.1. The Morgan fingerprint density at radius 2 is 1.71 bits per heavy atom. The van der Waals surface area contributed by atoms with Crippen molar-refractivity contribution in [1.29, 1.82) is 0 Å². The van der Waals surface area contributed by atoms with E-state index in [1.54, 1.807) is 0 Å². The van der Waals surface area contributed by atoms with Gasteiger partial charge in [0.2, 0.25) is 5.91 Å². The zero-order valence-corrected chi connectivity index (χ0v) is 18.0. The number of hydrogen-bond donors (Lipinski definition) is 2. The van der Waals surface area contributed by atoms with Crippen molar-refractivity contribution in [2.24, 2.45) is 0 Å². The predicted molar refractivity (Wildman–Crippen MR) is 113 cm³/mol. The lowest BCUT2D eigenvalue weighted by molar-refractivity contribution is -0.121. The predicted octanol–water partition coefficient (Wildman–Crippen LogP) is 4.15. The maximum absolute atomic E-state index is 13.6. The van der Waals surface area contributed by atoms with E-state index in [2.05, 4.69) is 10.6 Å². The van der Waals surface area contributed by atoms with Gasteiger partial charge < -0.3 is 20.1 Å². The number of nitrogens with one attached hydrogen (secondary N) is 2. The van der Waals surface area contributed by atoms with Crippen LogP contribution in [-0.2, 0) is 4.79 Å². The van der Waals surface area contributed by atoms with E-state index in [-0.39, 0.29) is 30.5 Å². The summed E-state index contributed by atoms with van der Waals surface area (Å²) in [5.41, 5.74) is 0.639. The number of ether oxygens (including phenoxy) is 2. The summed E-state index contributed by atoms with van der Waals surface area (Å²) >= 11 is 0. The number of carbonyl (C=O) groups is 2. The molecule has 0 radical (unpaired) electrons. The molecule has 2 aromatic rings. The van der Waals surface area contributed by atoms with Gasteiger partial charge in [-0.2, -0.15) is 0 Å². The molecular formula is C23H28F2N2O4. The normalized spacial score (nSPS) is 11.5. The molecule has 8 heteroatoms. The molecule has 0 aliphatic carbocycles. The molecule has 0 aliphatic heterocycles. The van der Waals surface area contributed by atoms with Crippen LogP contribution in [0.5, 0.6) is 11.5 Å². The highest BCUT2D eigenvalue weighted by molar-refractivity contribution is 5.94. The van der Waals surface area contributed by atoms with Crippen molar-refractivity contribution in [3.8, 4) is 11.5 Å². The highest BCUT2D eigenvalue weighted by Gasteiger charge is 2.14. The van der Waals surface area contributed by atoms with Crippen LogP contribution >= 0.6 is 0 Å². The van der Waals surface area contributed by atoms with E-state index < -0.39 is 17.5 Å². The van der Waals surface area contributed by atoms with Gasteiger partial charge in [0.15, 0.2) is 11.5 Å². The van der Waals surface area contributed by atoms with Gasteiger partial charge in [-0.1, -0.05) is 6.07 Å². The molecule has 0 aromatic heterocycles. The molecule has 168 valence electrons. The maximum Gasteiger partial charge on any atom is 0.254 e. The zero-order valence-electron chi connectivity index (χ0n) is 18.0. The topological polar surface area (TPSA) is 76.7 Å². The average molecular weight is 434 g/mol. The molecule has 0 saturated heterocycles. The fourth-order valence-electron chi connectivity index (χ4n) is 2.95. The van der Waals surface area contributed by atoms with Crippen molar-refractivity contribution >= 4 is 11.8 Å². The molecule has 2 amide bonds. The lowest BCUT2D eigenvalue weighted by atomic mass is 10.1. The minimum atomic E-state index is -0.925. The number of benzene rings is 2. The van der Waals surface area contributed by atoms with Crippen molar-refractivity contribution in [2.45, 2.75) is 39.7 Å². The Balaban J connectivity index is 1.81. The van der Waals surface area contributed by atoms with Crippen LogP contribution < -0.4 is 20.1 Å². The van der Waals surface area contributed by atoms with Crippen molar-refractivity contribution in [3.63, 3.8) is 0 Å². The molecule has 6 nitrogen and oxygen atoms in total. The van der Waals surface area contributed by atoms with Crippen molar-refractivity contribution in [3.05, 3.63) is 59.2 Å². The van der Waals surface area contributed by atoms with Gasteiger partial charge in [-0.05, 0) is 57.0 Å². The van der Waals surface area contributed by atoms with Crippen molar-refractivity contribution in [2.75, 3.05) is 19.8 Å². The third-order valence-corrected chi connectivity index (χ3v) is 4.49. The van der Waals surface area contributed by atoms with Gasteiger partial charge in [0.25, 0.3) is 5.91 Å². The van der Waals surface area contributed by atoms with Crippen LogP contribution in [0.1, 0.15) is 55.6 Å². The minimum absolute atomic E-state index is 0.179. The van der Waals surface area contributed by atoms with Crippen molar-refractivity contribution < 1.29 is 27.8 Å². The van der Waals surface area contributed by atoms with Gasteiger partial charge >= 0.3 is 0 Å². The van der Waals surface area contributed by atoms with Crippen LogP contribution in [0.3, 0.4) is 0 Å². The number of amides is 2. The Morgan fingerprint density at radius 3 is 2.39 bits per heavy atom. The van der Waals surface area contributed by atoms with Gasteiger partial charge in [-0.3, -0.25) is 9.59 Å². The lowest BCUT2D eigenvalue weighted by Gasteiger charge is -2.17. The highest BCUT2D eigenvalue weighted by Crippen LogP contribution is 2.30. The zero-order chi connectivity index (χ0) is 22.8. The fraction of sp³-hybridized carbons (Fsp3) is 0.391. The lowest BCUT2D eigenvalue weighted by Crippen LogP contribution is -2.29. The standard InChI is InChI=1S/C23H28F2N2O4/c1-4-30-20-11-8-16(13-21(20)31-5-2)15(3)27-22(28)7-6-12-26-23(29)18-10-9-17(24)14-19(18)25/h8-11,13-15H,4-7,12H2,1-3H3,(H,26,29)(H,27,28). The molecular weight excluding hydrogens is 406 g/mol. The summed E-state index contributed by atoms with van der Waals surface area (Å²) in [7, 11) is 0. The van der Waals surface area contributed by atoms with Gasteiger partial charge in [0.05, 0.1) is 24.8 Å². The summed E-state index contributed by atoms with van der Waals surface area (Å²) in [6, 6.07) is 8.04. The highest BCUT2D eigenvalue weighted by atomic mass is 19.1. The second-order valence-electron chi connectivity index (χ2n) is 6.85. The Hall–Kier alpha value is -3.16. The van der Waals surface area contributed by atoms with Gasteiger partial charge in [0.1, 0.15) is 11.6 Å². The van der Waals surface area contributed by atoms with Crippen LogP contribution in [0.4, 0.5) is 8.78 Å². The fourth-order valence-corrected chi connectivity index (χ4v) is 2.95. The quantitative estimate of drug-likeness (QED) is 0.521. The smallest absolute Gasteiger partial charge is 0.254 e. The second kappa shape index (κ2) is 11.9. The molecule has 31 heavy (non-hydrogen) atoms. The first-order chi connectivity index (χ1) is 14.8. The first-order valence-electron chi connectivity index (χ1n) is 10.3. The molecule has 1 atom stereocenters. The molecule has 0 aliphatic rings. The SMILES string of the molecule is CCOc1ccc(C(C)NC(=O)CCCNC(=O)c2ccc(F)cc2F)cc1OCC. The van der Waals surface area contributed by atoms with E-state index in [4.69, 9.17) is 9.47 Å². The van der Waals surface area contributed by atoms with Crippen LogP contribution in [0.25, 0.3) is 0 Å². The van der Waals surface area contributed by atoms with E-state index in [9.17, 15) is 18.4 Å². The molecule has 2 N–H and O–H groups in total. The van der Waals surface area contributed by atoms with Crippen LogP contribution in [0.15, 0.2) is 36.4 Å².